The Labute approximate surface area is 195 Å². The number of carboxylic acid groups (broad SMARTS) is 3. The van der Waals surface area contributed by atoms with Gasteiger partial charge in [-0.2, -0.15) is 7.11 Å². The minimum Gasteiger partial charge on any atom is -0.857 e. The molecule has 3 aliphatic rings. The van der Waals surface area contributed by atoms with Crippen molar-refractivity contribution in [3.05, 3.63) is 0 Å². The average Bonchev–Trinajstić information content (AvgIpc) is 2.78. The molecule has 7 nitrogen and oxygen atoms in total. The van der Waals surface area contributed by atoms with Crippen LogP contribution >= 0.6 is 0 Å². The SMILES string of the molecule is C[O-].O=C(O)C1CCCCC1.O=C(O)C1CCCCC1.O=C(O)C1CCCCC1.[Ti]. The number of carbonyl (C=O) groups is 3. The normalized spacial score (nSPS) is 19.8. The van der Waals surface area contributed by atoms with E-state index in [-0.39, 0.29) is 39.5 Å². The molecular formula is C22H39O7Ti-. The maximum atomic E-state index is 10.4. The summed E-state index contributed by atoms with van der Waals surface area (Å²) in [4.78, 5) is 31.1. The van der Waals surface area contributed by atoms with Gasteiger partial charge >= 0.3 is 17.9 Å². The number of hydrogen-bond donors (Lipinski definition) is 3. The van der Waals surface area contributed by atoms with E-state index >= 15 is 0 Å². The summed E-state index contributed by atoms with van der Waals surface area (Å²) in [5.74, 6) is -1.89. The molecule has 3 rings (SSSR count). The molecule has 0 heterocycles. The second-order valence-electron chi connectivity index (χ2n) is 8.02. The second-order valence-corrected chi connectivity index (χ2v) is 8.02. The fraction of sp³-hybridized carbons (Fsp3) is 0.864. The van der Waals surface area contributed by atoms with E-state index in [2.05, 4.69) is 0 Å². The van der Waals surface area contributed by atoms with E-state index in [0.717, 1.165) is 84.2 Å². The van der Waals surface area contributed by atoms with E-state index in [4.69, 9.17) is 20.4 Å². The monoisotopic (exact) mass is 463 g/mol. The van der Waals surface area contributed by atoms with Crippen LogP contribution in [0.3, 0.4) is 0 Å². The Morgan fingerprint density at radius 1 is 0.500 bits per heavy atom. The molecule has 0 atom stereocenters. The quantitative estimate of drug-likeness (QED) is 0.540. The Kier molecular flexibility index (Phi) is 20.9. The summed E-state index contributed by atoms with van der Waals surface area (Å²) in [6.07, 6.45) is 15.7. The van der Waals surface area contributed by atoms with Gasteiger partial charge in [0, 0.05) is 21.7 Å². The number of hydrogen-bond acceptors (Lipinski definition) is 4. The third kappa shape index (κ3) is 15.0. The summed E-state index contributed by atoms with van der Waals surface area (Å²) >= 11 is 0. The molecule has 0 saturated heterocycles. The zero-order valence-electron chi connectivity index (χ0n) is 18.3. The molecule has 0 radical (unpaired) electrons. The standard InChI is InChI=1S/3C7H12O2.CH3O.Ti/c3*8-7(9)6-4-2-1-3-5-6;1-2;/h3*6H,1-5H2,(H,8,9);1H3;/q;;;-1;. The first-order valence-electron chi connectivity index (χ1n) is 11.0. The molecule has 0 unspecified atom stereocenters. The molecule has 30 heavy (non-hydrogen) atoms. The Morgan fingerprint density at radius 3 is 0.767 bits per heavy atom. The average molecular weight is 463 g/mol. The maximum absolute atomic E-state index is 10.4. The Balaban J connectivity index is 0. The molecule has 0 aromatic carbocycles. The van der Waals surface area contributed by atoms with Crippen LogP contribution in [0.4, 0.5) is 0 Å². The predicted molar refractivity (Wildman–Crippen MR) is 109 cm³/mol. The molecule has 0 amide bonds. The van der Waals surface area contributed by atoms with E-state index in [1.807, 2.05) is 0 Å². The molecule has 3 fully saturated rings. The topological polar surface area (TPSA) is 135 Å². The zero-order valence-corrected chi connectivity index (χ0v) is 19.9. The van der Waals surface area contributed by atoms with Crippen molar-refractivity contribution in [3.63, 3.8) is 0 Å². The van der Waals surface area contributed by atoms with Gasteiger partial charge in [0.2, 0.25) is 0 Å². The van der Waals surface area contributed by atoms with Crippen molar-refractivity contribution in [1.29, 1.82) is 0 Å². The van der Waals surface area contributed by atoms with Crippen LogP contribution in [0.5, 0.6) is 0 Å². The number of carboxylic acids is 3. The Morgan fingerprint density at radius 2 is 0.667 bits per heavy atom. The van der Waals surface area contributed by atoms with Crippen molar-refractivity contribution in [2.24, 2.45) is 17.8 Å². The molecule has 3 aliphatic carbocycles. The third-order valence-corrected chi connectivity index (χ3v) is 5.86. The molecule has 8 heteroatoms. The third-order valence-electron chi connectivity index (χ3n) is 5.86. The fourth-order valence-corrected chi connectivity index (χ4v) is 4.05. The van der Waals surface area contributed by atoms with Crippen molar-refractivity contribution in [2.45, 2.75) is 96.3 Å². The first-order chi connectivity index (χ1) is 13.9. The number of aliphatic carboxylic acids is 3. The molecular weight excluding hydrogens is 424 g/mol. The fourth-order valence-electron chi connectivity index (χ4n) is 4.05. The van der Waals surface area contributed by atoms with E-state index in [9.17, 15) is 14.4 Å². The van der Waals surface area contributed by atoms with Gasteiger partial charge < -0.3 is 20.4 Å². The maximum Gasteiger partial charge on any atom is 0.306 e. The number of rotatable bonds is 3. The van der Waals surface area contributed by atoms with Crippen LogP contribution in [0, 0.1) is 17.8 Å². The van der Waals surface area contributed by atoms with Gasteiger partial charge in [0.25, 0.3) is 0 Å². The first-order valence-corrected chi connectivity index (χ1v) is 11.0. The molecule has 0 spiro atoms. The van der Waals surface area contributed by atoms with Gasteiger partial charge in [-0.1, -0.05) is 57.8 Å². The molecule has 3 saturated carbocycles. The summed E-state index contributed by atoms with van der Waals surface area (Å²) in [5.41, 5.74) is 0. The van der Waals surface area contributed by atoms with Crippen LogP contribution in [-0.4, -0.2) is 40.3 Å². The minimum absolute atomic E-state index is 0. The van der Waals surface area contributed by atoms with E-state index in [0.29, 0.717) is 0 Å². The van der Waals surface area contributed by atoms with E-state index in [1.165, 1.54) is 19.3 Å². The molecule has 0 bridgehead atoms. The van der Waals surface area contributed by atoms with Gasteiger partial charge in [0.1, 0.15) is 0 Å². The van der Waals surface area contributed by atoms with Crippen molar-refractivity contribution in [1.82, 2.24) is 0 Å². The zero-order chi connectivity index (χ0) is 22.1. The summed E-state index contributed by atoms with van der Waals surface area (Å²) < 4.78 is 0. The van der Waals surface area contributed by atoms with Gasteiger partial charge in [0.15, 0.2) is 0 Å². The summed E-state index contributed by atoms with van der Waals surface area (Å²) in [5, 5.41) is 33.9. The van der Waals surface area contributed by atoms with Gasteiger partial charge in [0.05, 0.1) is 17.8 Å². The second kappa shape index (κ2) is 20.0. The van der Waals surface area contributed by atoms with Crippen LogP contribution in [-0.2, 0) is 36.1 Å². The molecule has 0 aromatic heterocycles. The van der Waals surface area contributed by atoms with E-state index in [1.54, 1.807) is 0 Å². The van der Waals surface area contributed by atoms with Crippen molar-refractivity contribution in [2.75, 3.05) is 7.11 Å². The summed E-state index contributed by atoms with van der Waals surface area (Å²) in [7, 11) is 0.750. The molecule has 3 N–H and O–H groups in total. The van der Waals surface area contributed by atoms with Gasteiger partial charge in [-0.3, -0.25) is 14.4 Å². The first kappa shape index (κ1) is 31.3. The van der Waals surface area contributed by atoms with Crippen LogP contribution < -0.4 is 5.11 Å². The van der Waals surface area contributed by atoms with Crippen LogP contribution in [0.1, 0.15) is 96.3 Å². The van der Waals surface area contributed by atoms with Crippen molar-refractivity contribution >= 4 is 17.9 Å². The Hall–Kier alpha value is -0.916. The molecule has 174 valence electrons. The largest absolute Gasteiger partial charge is 0.857 e. The van der Waals surface area contributed by atoms with E-state index < -0.39 is 17.9 Å². The van der Waals surface area contributed by atoms with Gasteiger partial charge in [-0.05, 0) is 38.5 Å². The summed E-state index contributed by atoms with van der Waals surface area (Å²) in [6, 6.07) is 0. The smallest absolute Gasteiger partial charge is 0.306 e. The van der Waals surface area contributed by atoms with Gasteiger partial charge in [-0.25, -0.2) is 0 Å². The summed E-state index contributed by atoms with van der Waals surface area (Å²) in [6.45, 7) is 0. The van der Waals surface area contributed by atoms with Crippen LogP contribution in [0.25, 0.3) is 0 Å². The van der Waals surface area contributed by atoms with Crippen molar-refractivity contribution in [3.8, 4) is 0 Å². The molecule has 0 aromatic rings. The molecule has 0 aliphatic heterocycles. The van der Waals surface area contributed by atoms with Gasteiger partial charge in [-0.15, -0.1) is 0 Å². The predicted octanol–water partition coefficient (Wildman–Crippen LogP) is 3.93. The van der Waals surface area contributed by atoms with Crippen LogP contribution in [0.15, 0.2) is 0 Å². The Bertz CT molecular complexity index is 386. The van der Waals surface area contributed by atoms with Crippen molar-refractivity contribution < 1.29 is 56.5 Å². The van der Waals surface area contributed by atoms with Crippen LogP contribution in [0.2, 0.25) is 0 Å². The minimum atomic E-state index is -0.602.